The number of carbonyl (C=O) groups is 1. The second-order valence-corrected chi connectivity index (χ2v) is 6.51. The van der Waals surface area contributed by atoms with Gasteiger partial charge in [0.05, 0.1) is 24.1 Å². The quantitative estimate of drug-likeness (QED) is 0.860. The van der Waals surface area contributed by atoms with Crippen LogP contribution in [-0.4, -0.2) is 21.5 Å². The third-order valence-electron chi connectivity index (χ3n) is 3.16. The van der Waals surface area contributed by atoms with Crippen LogP contribution in [0, 0.1) is 6.92 Å². The zero-order valence-electron chi connectivity index (χ0n) is 12.4. The predicted octanol–water partition coefficient (Wildman–Crippen LogP) is 2.51. The number of para-hydroxylation sites is 1. The lowest BCUT2D eigenvalue weighted by Crippen LogP contribution is -2.15. The Kier molecular flexibility index (Phi) is 4.82. The van der Waals surface area contributed by atoms with E-state index in [0.29, 0.717) is 11.3 Å². The molecule has 0 bridgehead atoms. The molecule has 0 amide bonds. The SMILES string of the molecule is COC(=O)Cc1ccccc1NS(=O)(=O)c1ccc(C)cc1. The van der Waals surface area contributed by atoms with Crippen molar-refractivity contribution in [2.75, 3.05) is 11.8 Å². The summed E-state index contributed by atoms with van der Waals surface area (Å²) in [7, 11) is -2.40. The maximum Gasteiger partial charge on any atom is 0.310 e. The number of esters is 1. The second-order valence-electron chi connectivity index (χ2n) is 4.83. The molecule has 6 heteroatoms. The van der Waals surface area contributed by atoms with Crippen LogP contribution in [0.4, 0.5) is 5.69 Å². The molecule has 116 valence electrons. The van der Waals surface area contributed by atoms with E-state index in [1.165, 1.54) is 7.11 Å². The Morgan fingerprint density at radius 3 is 2.36 bits per heavy atom. The molecule has 0 spiro atoms. The molecular weight excluding hydrogens is 302 g/mol. The van der Waals surface area contributed by atoms with Crippen molar-refractivity contribution in [2.24, 2.45) is 0 Å². The highest BCUT2D eigenvalue weighted by Gasteiger charge is 2.16. The van der Waals surface area contributed by atoms with Gasteiger partial charge < -0.3 is 4.74 Å². The van der Waals surface area contributed by atoms with Gasteiger partial charge in [-0.3, -0.25) is 9.52 Å². The van der Waals surface area contributed by atoms with Crippen molar-refractivity contribution in [3.05, 3.63) is 59.7 Å². The molecule has 0 atom stereocenters. The summed E-state index contributed by atoms with van der Waals surface area (Å²) >= 11 is 0. The van der Waals surface area contributed by atoms with Crippen LogP contribution in [0.25, 0.3) is 0 Å². The normalized spacial score (nSPS) is 11.0. The maximum absolute atomic E-state index is 12.4. The van der Waals surface area contributed by atoms with Crippen LogP contribution in [0.2, 0.25) is 0 Å². The number of ether oxygens (including phenoxy) is 1. The van der Waals surface area contributed by atoms with Gasteiger partial charge in [0.25, 0.3) is 10.0 Å². The number of carbonyl (C=O) groups excluding carboxylic acids is 1. The van der Waals surface area contributed by atoms with Gasteiger partial charge >= 0.3 is 5.97 Å². The van der Waals surface area contributed by atoms with Gasteiger partial charge in [0.2, 0.25) is 0 Å². The van der Waals surface area contributed by atoms with Crippen molar-refractivity contribution in [3.8, 4) is 0 Å². The third kappa shape index (κ3) is 3.85. The Balaban J connectivity index is 2.30. The maximum atomic E-state index is 12.4. The summed E-state index contributed by atoms with van der Waals surface area (Å²) in [5.74, 6) is -0.429. The summed E-state index contributed by atoms with van der Waals surface area (Å²) in [6.07, 6.45) is 0.00307. The summed E-state index contributed by atoms with van der Waals surface area (Å²) in [6.45, 7) is 1.88. The number of benzene rings is 2. The smallest absolute Gasteiger partial charge is 0.310 e. The first kappa shape index (κ1) is 16.0. The highest BCUT2D eigenvalue weighted by atomic mass is 32.2. The van der Waals surface area contributed by atoms with Crippen molar-refractivity contribution in [2.45, 2.75) is 18.2 Å². The molecule has 2 aromatic carbocycles. The first-order valence-corrected chi connectivity index (χ1v) is 8.15. The second kappa shape index (κ2) is 6.62. The predicted molar refractivity (Wildman–Crippen MR) is 84.1 cm³/mol. The summed E-state index contributed by atoms with van der Waals surface area (Å²) in [5, 5.41) is 0. The minimum absolute atomic E-state index is 0.00307. The van der Waals surface area contributed by atoms with Gasteiger partial charge in [-0.05, 0) is 30.7 Å². The molecule has 22 heavy (non-hydrogen) atoms. The molecule has 0 heterocycles. The molecule has 2 rings (SSSR count). The van der Waals surface area contributed by atoms with Crippen LogP contribution in [0.3, 0.4) is 0 Å². The largest absolute Gasteiger partial charge is 0.469 e. The van der Waals surface area contributed by atoms with Crippen LogP contribution < -0.4 is 4.72 Å². The highest BCUT2D eigenvalue weighted by molar-refractivity contribution is 7.92. The lowest BCUT2D eigenvalue weighted by molar-refractivity contribution is -0.139. The Morgan fingerprint density at radius 1 is 1.09 bits per heavy atom. The zero-order chi connectivity index (χ0) is 16.2. The van der Waals surface area contributed by atoms with Gasteiger partial charge in [-0.15, -0.1) is 0 Å². The van der Waals surface area contributed by atoms with E-state index < -0.39 is 16.0 Å². The number of aryl methyl sites for hydroxylation is 1. The molecule has 0 aliphatic rings. The van der Waals surface area contributed by atoms with Crippen LogP contribution in [-0.2, 0) is 26.0 Å². The van der Waals surface area contributed by atoms with Crippen molar-refractivity contribution < 1.29 is 17.9 Å². The Bertz CT molecular complexity index is 767. The van der Waals surface area contributed by atoms with Gasteiger partial charge in [0, 0.05) is 0 Å². The molecule has 0 saturated heterocycles. The van der Waals surface area contributed by atoms with Crippen molar-refractivity contribution in [1.82, 2.24) is 0 Å². The summed E-state index contributed by atoms with van der Waals surface area (Å²) in [6, 6.07) is 13.3. The van der Waals surface area contributed by atoms with Crippen molar-refractivity contribution in [1.29, 1.82) is 0 Å². The zero-order valence-corrected chi connectivity index (χ0v) is 13.2. The fourth-order valence-electron chi connectivity index (χ4n) is 1.92. The molecule has 0 saturated carbocycles. The van der Waals surface area contributed by atoms with E-state index in [1.54, 1.807) is 48.5 Å². The minimum Gasteiger partial charge on any atom is -0.469 e. The fourth-order valence-corrected chi connectivity index (χ4v) is 3.02. The lowest BCUT2D eigenvalue weighted by Gasteiger charge is -2.12. The van der Waals surface area contributed by atoms with Crippen LogP contribution in [0.15, 0.2) is 53.4 Å². The molecule has 1 N–H and O–H groups in total. The Labute approximate surface area is 130 Å². The molecule has 0 radical (unpaired) electrons. The summed E-state index contributed by atoms with van der Waals surface area (Å²) < 4.78 is 31.9. The molecular formula is C16H17NO4S. The van der Waals surface area contributed by atoms with Gasteiger partial charge in [0.1, 0.15) is 0 Å². The molecule has 0 aliphatic heterocycles. The summed E-state index contributed by atoms with van der Waals surface area (Å²) in [5.41, 5.74) is 1.91. The van der Waals surface area contributed by atoms with E-state index in [1.807, 2.05) is 6.92 Å². The average Bonchev–Trinajstić information content (AvgIpc) is 2.49. The topological polar surface area (TPSA) is 72.5 Å². The minimum atomic E-state index is -3.70. The van der Waals surface area contributed by atoms with E-state index in [0.717, 1.165) is 5.56 Å². The first-order valence-electron chi connectivity index (χ1n) is 6.66. The molecule has 0 aromatic heterocycles. The monoisotopic (exact) mass is 319 g/mol. The molecule has 5 nitrogen and oxygen atoms in total. The molecule has 2 aromatic rings. The van der Waals surface area contributed by atoms with Crippen molar-refractivity contribution in [3.63, 3.8) is 0 Å². The van der Waals surface area contributed by atoms with Gasteiger partial charge in [-0.1, -0.05) is 35.9 Å². The number of rotatable bonds is 5. The Morgan fingerprint density at radius 2 is 1.73 bits per heavy atom. The molecule has 0 aliphatic carbocycles. The highest BCUT2D eigenvalue weighted by Crippen LogP contribution is 2.21. The van der Waals surface area contributed by atoms with E-state index in [9.17, 15) is 13.2 Å². The van der Waals surface area contributed by atoms with E-state index in [2.05, 4.69) is 9.46 Å². The number of sulfonamides is 1. The average molecular weight is 319 g/mol. The van der Waals surface area contributed by atoms with Crippen molar-refractivity contribution >= 4 is 21.7 Å². The Hall–Kier alpha value is -2.34. The first-order chi connectivity index (χ1) is 10.4. The summed E-state index contributed by atoms with van der Waals surface area (Å²) in [4.78, 5) is 11.6. The number of methoxy groups -OCH3 is 1. The van der Waals surface area contributed by atoms with E-state index in [-0.39, 0.29) is 11.3 Å². The lowest BCUT2D eigenvalue weighted by atomic mass is 10.1. The van der Waals surface area contributed by atoms with Crippen LogP contribution >= 0.6 is 0 Å². The molecule has 0 unspecified atom stereocenters. The number of anilines is 1. The number of nitrogens with one attached hydrogen (secondary N) is 1. The third-order valence-corrected chi connectivity index (χ3v) is 4.54. The van der Waals surface area contributed by atoms with Gasteiger partial charge in [0.15, 0.2) is 0 Å². The number of hydrogen-bond acceptors (Lipinski definition) is 4. The fraction of sp³-hybridized carbons (Fsp3) is 0.188. The van der Waals surface area contributed by atoms with Gasteiger partial charge in [-0.2, -0.15) is 0 Å². The molecule has 0 fully saturated rings. The van der Waals surface area contributed by atoms with E-state index in [4.69, 9.17) is 0 Å². The standard InChI is InChI=1S/C16H17NO4S/c1-12-7-9-14(10-8-12)22(19,20)17-15-6-4-3-5-13(15)11-16(18)21-2/h3-10,17H,11H2,1-2H3. The van der Waals surface area contributed by atoms with Crippen LogP contribution in [0.5, 0.6) is 0 Å². The van der Waals surface area contributed by atoms with Gasteiger partial charge in [-0.25, -0.2) is 8.42 Å². The van der Waals surface area contributed by atoms with E-state index >= 15 is 0 Å². The number of hydrogen-bond donors (Lipinski definition) is 1. The van der Waals surface area contributed by atoms with Crippen LogP contribution in [0.1, 0.15) is 11.1 Å².